The first-order chi connectivity index (χ1) is 7.86. The lowest BCUT2D eigenvalue weighted by molar-refractivity contribution is -0.0268. The van der Waals surface area contributed by atoms with Crippen LogP contribution in [-0.4, -0.2) is 24.4 Å². The van der Waals surface area contributed by atoms with Crippen LogP contribution in [0.1, 0.15) is 20.8 Å². The third-order valence-electron chi connectivity index (χ3n) is 2.90. The number of halogens is 1. The fourth-order valence-electron chi connectivity index (χ4n) is 1.12. The van der Waals surface area contributed by atoms with Crippen molar-refractivity contribution >= 4 is 15.9 Å². The molecule has 1 aromatic carbocycles. The standard InChI is InChI=1S/C13H19BrO3/c1-9(2)13(3,15)8-17-12-6-5-10(16-4)7-11(12)14/h5-7,9,15H,8H2,1-4H3. The molecule has 3 nitrogen and oxygen atoms in total. The number of ether oxygens (including phenoxy) is 2. The van der Waals surface area contributed by atoms with Crippen LogP contribution in [0.3, 0.4) is 0 Å². The number of hydrogen-bond acceptors (Lipinski definition) is 3. The van der Waals surface area contributed by atoms with Gasteiger partial charge in [0.05, 0.1) is 17.2 Å². The average molecular weight is 303 g/mol. The average Bonchev–Trinajstić information content (AvgIpc) is 2.27. The molecular weight excluding hydrogens is 284 g/mol. The minimum atomic E-state index is -0.834. The van der Waals surface area contributed by atoms with Gasteiger partial charge in [0.1, 0.15) is 18.1 Å². The Kier molecular flexibility index (Phi) is 4.83. The van der Waals surface area contributed by atoms with Gasteiger partial charge >= 0.3 is 0 Å². The smallest absolute Gasteiger partial charge is 0.133 e. The Labute approximate surface area is 111 Å². The van der Waals surface area contributed by atoms with Crippen molar-refractivity contribution in [1.82, 2.24) is 0 Å². The SMILES string of the molecule is COc1ccc(OCC(C)(O)C(C)C)c(Br)c1. The Morgan fingerprint density at radius 1 is 1.41 bits per heavy atom. The molecule has 0 fully saturated rings. The summed E-state index contributed by atoms with van der Waals surface area (Å²) in [6.07, 6.45) is 0. The van der Waals surface area contributed by atoms with Gasteiger partial charge in [-0.2, -0.15) is 0 Å². The molecule has 0 heterocycles. The quantitative estimate of drug-likeness (QED) is 0.907. The molecule has 1 unspecified atom stereocenters. The van der Waals surface area contributed by atoms with E-state index in [1.54, 1.807) is 14.0 Å². The van der Waals surface area contributed by atoms with Crippen LogP contribution in [0, 0.1) is 5.92 Å². The van der Waals surface area contributed by atoms with E-state index in [2.05, 4.69) is 15.9 Å². The maximum atomic E-state index is 10.1. The molecule has 0 aliphatic carbocycles. The first-order valence-electron chi connectivity index (χ1n) is 5.55. The fraction of sp³-hybridized carbons (Fsp3) is 0.538. The number of aliphatic hydroxyl groups is 1. The van der Waals surface area contributed by atoms with Crippen molar-refractivity contribution in [2.24, 2.45) is 5.92 Å². The van der Waals surface area contributed by atoms with Crippen molar-refractivity contribution < 1.29 is 14.6 Å². The molecular formula is C13H19BrO3. The summed E-state index contributed by atoms with van der Waals surface area (Å²) < 4.78 is 11.5. The maximum Gasteiger partial charge on any atom is 0.133 e. The molecule has 0 aliphatic rings. The van der Waals surface area contributed by atoms with Gasteiger partial charge in [-0.15, -0.1) is 0 Å². The second-order valence-electron chi connectivity index (χ2n) is 4.60. The summed E-state index contributed by atoms with van der Waals surface area (Å²) in [5.74, 6) is 1.60. The van der Waals surface area contributed by atoms with Crippen LogP contribution in [0.2, 0.25) is 0 Å². The molecule has 17 heavy (non-hydrogen) atoms. The van der Waals surface area contributed by atoms with Gasteiger partial charge in [0.25, 0.3) is 0 Å². The minimum Gasteiger partial charge on any atom is -0.497 e. The Balaban J connectivity index is 2.70. The highest BCUT2D eigenvalue weighted by Gasteiger charge is 2.26. The molecule has 0 aliphatic heterocycles. The van der Waals surface area contributed by atoms with Gasteiger partial charge in [-0.3, -0.25) is 0 Å². The highest BCUT2D eigenvalue weighted by Crippen LogP contribution is 2.30. The monoisotopic (exact) mass is 302 g/mol. The Morgan fingerprint density at radius 3 is 2.53 bits per heavy atom. The van der Waals surface area contributed by atoms with Gasteiger partial charge in [0, 0.05) is 0 Å². The first kappa shape index (κ1) is 14.3. The van der Waals surface area contributed by atoms with E-state index >= 15 is 0 Å². The van der Waals surface area contributed by atoms with E-state index in [9.17, 15) is 5.11 Å². The molecule has 0 spiro atoms. The Hall–Kier alpha value is -0.740. The van der Waals surface area contributed by atoms with Crippen molar-refractivity contribution in [1.29, 1.82) is 0 Å². The van der Waals surface area contributed by atoms with Crippen LogP contribution in [0.4, 0.5) is 0 Å². The lowest BCUT2D eigenvalue weighted by atomic mass is 9.94. The van der Waals surface area contributed by atoms with Crippen LogP contribution in [-0.2, 0) is 0 Å². The van der Waals surface area contributed by atoms with Crippen molar-refractivity contribution in [3.8, 4) is 11.5 Å². The van der Waals surface area contributed by atoms with Crippen LogP contribution in [0.25, 0.3) is 0 Å². The zero-order valence-electron chi connectivity index (χ0n) is 10.7. The van der Waals surface area contributed by atoms with Gasteiger partial charge in [-0.1, -0.05) is 13.8 Å². The summed E-state index contributed by atoms with van der Waals surface area (Å²) in [6.45, 7) is 5.96. The van der Waals surface area contributed by atoms with Crippen molar-refractivity contribution in [3.05, 3.63) is 22.7 Å². The molecule has 1 rings (SSSR count). The minimum absolute atomic E-state index is 0.138. The summed E-state index contributed by atoms with van der Waals surface area (Å²) in [6, 6.07) is 5.48. The lowest BCUT2D eigenvalue weighted by Crippen LogP contribution is -2.37. The zero-order valence-corrected chi connectivity index (χ0v) is 12.2. The van der Waals surface area contributed by atoms with E-state index in [1.165, 1.54) is 0 Å². The molecule has 1 aromatic rings. The van der Waals surface area contributed by atoms with Gasteiger partial charge in [-0.25, -0.2) is 0 Å². The Morgan fingerprint density at radius 2 is 2.06 bits per heavy atom. The number of hydrogen-bond donors (Lipinski definition) is 1. The topological polar surface area (TPSA) is 38.7 Å². The summed E-state index contributed by atoms with van der Waals surface area (Å²) in [5.41, 5.74) is -0.834. The van der Waals surface area contributed by atoms with Crippen LogP contribution < -0.4 is 9.47 Å². The summed E-state index contributed by atoms with van der Waals surface area (Å²) in [4.78, 5) is 0. The van der Waals surface area contributed by atoms with Gasteiger partial charge in [0.15, 0.2) is 0 Å². The largest absolute Gasteiger partial charge is 0.497 e. The fourth-order valence-corrected chi connectivity index (χ4v) is 1.59. The molecule has 0 amide bonds. The van der Waals surface area contributed by atoms with E-state index in [1.807, 2.05) is 32.0 Å². The van der Waals surface area contributed by atoms with E-state index in [-0.39, 0.29) is 12.5 Å². The highest BCUT2D eigenvalue weighted by molar-refractivity contribution is 9.10. The highest BCUT2D eigenvalue weighted by atomic mass is 79.9. The predicted octanol–water partition coefficient (Wildman–Crippen LogP) is 3.24. The molecule has 1 atom stereocenters. The maximum absolute atomic E-state index is 10.1. The van der Waals surface area contributed by atoms with Gasteiger partial charge < -0.3 is 14.6 Å². The Bertz CT molecular complexity index is 375. The van der Waals surface area contributed by atoms with Gasteiger partial charge in [-0.05, 0) is 47.0 Å². The third kappa shape index (κ3) is 3.89. The molecule has 0 aromatic heterocycles. The predicted molar refractivity (Wildman–Crippen MR) is 71.7 cm³/mol. The van der Waals surface area contributed by atoms with E-state index in [4.69, 9.17) is 9.47 Å². The zero-order chi connectivity index (χ0) is 13.1. The lowest BCUT2D eigenvalue weighted by Gasteiger charge is -2.27. The first-order valence-corrected chi connectivity index (χ1v) is 6.35. The summed E-state index contributed by atoms with van der Waals surface area (Å²) in [7, 11) is 1.62. The molecule has 96 valence electrons. The molecule has 0 bridgehead atoms. The van der Waals surface area contributed by atoms with Crippen LogP contribution in [0.15, 0.2) is 22.7 Å². The second-order valence-corrected chi connectivity index (χ2v) is 5.45. The second kappa shape index (κ2) is 5.74. The third-order valence-corrected chi connectivity index (χ3v) is 3.52. The van der Waals surface area contributed by atoms with Crippen molar-refractivity contribution in [2.45, 2.75) is 26.4 Å². The van der Waals surface area contributed by atoms with Crippen molar-refractivity contribution in [2.75, 3.05) is 13.7 Å². The molecule has 1 N–H and O–H groups in total. The van der Waals surface area contributed by atoms with E-state index in [0.717, 1.165) is 10.2 Å². The number of rotatable bonds is 5. The van der Waals surface area contributed by atoms with E-state index in [0.29, 0.717) is 5.75 Å². The van der Waals surface area contributed by atoms with E-state index < -0.39 is 5.60 Å². The molecule has 0 saturated heterocycles. The normalized spacial score (nSPS) is 14.5. The molecule has 0 saturated carbocycles. The van der Waals surface area contributed by atoms with Crippen LogP contribution >= 0.6 is 15.9 Å². The number of methoxy groups -OCH3 is 1. The molecule has 4 heteroatoms. The summed E-state index contributed by atoms with van der Waals surface area (Å²) in [5, 5.41) is 10.1. The van der Waals surface area contributed by atoms with Crippen molar-refractivity contribution in [3.63, 3.8) is 0 Å². The van der Waals surface area contributed by atoms with Crippen LogP contribution in [0.5, 0.6) is 11.5 Å². The summed E-state index contributed by atoms with van der Waals surface area (Å²) >= 11 is 3.41. The molecule has 0 radical (unpaired) electrons. The van der Waals surface area contributed by atoms with Gasteiger partial charge in [0.2, 0.25) is 0 Å². The number of benzene rings is 1.